The number of nitrogens with zero attached hydrogens (tertiary/aromatic N) is 1. The molecule has 1 aliphatic heterocycles. The van der Waals surface area contributed by atoms with Crippen LogP contribution in [0.2, 0.25) is 0 Å². The molecule has 0 aromatic heterocycles. The maximum absolute atomic E-state index is 12.2. The van der Waals surface area contributed by atoms with Gasteiger partial charge >= 0.3 is 0 Å². The van der Waals surface area contributed by atoms with Crippen molar-refractivity contribution in [2.24, 2.45) is 0 Å². The van der Waals surface area contributed by atoms with Crippen LogP contribution < -0.4 is 10.1 Å². The minimum atomic E-state index is 0.0769. The maximum Gasteiger partial charge on any atom is 0.246 e. The van der Waals surface area contributed by atoms with Crippen molar-refractivity contribution in [2.45, 2.75) is 13.0 Å². The summed E-state index contributed by atoms with van der Waals surface area (Å²) in [4.78, 5) is 14.1. The fourth-order valence-corrected chi connectivity index (χ4v) is 2.76. The Morgan fingerprint density at radius 2 is 1.84 bits per heavy atom. The van der Waals surface area contributed by atoms with Gasteiger partial charge in [-0.3, -0.25) is 4.79 Å². The van der Waals surface area contributed by atoms with Gasteiger partial charge in [0.25, 0.3) is 0 Å². The minimum absolute atomic E-state index is 0.0769. The summed E-state index contributed by atoms with van der Waals surface area (Å²) in [5.41, 5.74) is 2.14. The summed E-state index contributed by atoms with van der Waals surface area (Å²) in [6.07, 6.45) is 4.53. The number of hydrogen-bond acceptors (Lipinski definition) is 3. The topological polar surface area (TPSA) is 41.6 Å². The molecule has 0 saturated carbocycles. The molecule has 0 spiro atoms. The third-order valence-electron chi connectivity index (χ3n) is 4.20. The summed E-state index contributed by atoms with van der Waals surface area (Å²) in [7, 11) is 0. The van der Waals surface area contributed by atoms with E-state index in [-0.39, 0.29) is 5.91 Å². The highest BCUT2D eigenvalue weighted by atomic mass is 16.5. The third-order valence-corrected chi connectivity index (χ3v) is 4.20. The molecule has 0 radical (unpaired) electrons. The first-order chi connectivity index (χ1) is 12.3. The van der Waals surface area contributed by atoms with Gasteiger partial charge in [-0.1, -0.05) is 42.5 Å². The number of carbonyl (C=O) groups is 1. The van der Waals surface area contributed by atoms with E-state index in [2.05, 4.69) is 5.32 Å². The minimum Gasteiger partial charge on any atom is -0.489 e. The van der Waals surface area contributed by atoms with Crippen LogP contribution in [0.3, 0.4) is 0 Å². The van der Waals surface area contributed by atoms with Gasteiger partial charge in [0.05, 0.1) is 0 Å². The van der Waals surface area contributed by atoms with Gasteiger partial charge in [0.15, 0.2) is 0 Å². The van der Waals surface area contributed by atoms with Crippen molar-refractivity contribution in [2.75, 3.05) is 26.2 Å². The van der Waals surface area contributed by atoms with Gasteiger partial charge in [0.1, 0.15) is 12.4 Å². The Morgan fingerprint density at radius 1 is 1.04 bits per heavy atom. The molecule has 2 aromatic rings. The van der Waals surface area contributed by atoms with Gasteiger partial charge in [-0.2, -0.15) is 0 Å². The van der Waals surface area contributed by atoms with Crippen molar-refractivity contribution < 1.29 is 9.53 Å². The first kappa shape index (κ1) is 17.2. The maximum atomic E-state index is 12.2. The van der Waals surface area contributed by atoms with Gasteiger partial charge in [-0.25, -0.2) is 0 Å². The second kappa shape index (κ2) is 9.04. The Kier molecular flexibility index (Phi) is 6.23. The molecule has 25 heavy (non-hydrogen) atoms. The lowest BCUT2D eigenvalue weighted by Crippen LogP contribution is -2.32. The number of rotatable bonds is 5. The highest BCUT2D eigenvalue weighted by Gasteiger charge is 2.12. The Morgan fingerprint density at radius 3 is 2.64 bits per heavy atom. The van der Waals surface area contributed by atoms with Crippen molar-refractivity contribution in [3.8, 4) is 5.75 Å². The van der Waals surface area contributed by atoms with E-state index in [9.17, 15) is 4.79 Å². The molecule has 1 saturated heterocycles. The number of benzene rings is 2. The zero-order valence-corrected chi connectivity index (χ0v) is 14.4. The molecule has 0 unspecified atom stereocenters. The summed E-state index contributed by atoms with van der Waals surface area (Å²) >= 11 is 0. The highest BCUT2D eigenvalue weighted by Crippen LogP contribution is 2.15. The summed E-state index contributed by atoms with van der Waals surface area (Å²) < 4.78 is 5.78. The largest absolute Gasteiger partial charge is 0.489 e. The van der Waals surface area contributed by atoms with E-state index in [1.165, 1.54) is 0 Å². The lowest BCUT2D eigenvalue weighted by molar-refractivity contribution is -0.125. The second-order valence-corrected chi connectivity index (χ2v) is 6.11. The quantitative estimate of drug-likeness (QED) is 0.853. The molecule has 2 aromatic carbocycles. The molecule has 1 aliphatic rings. The van der Waals surface area contributed by atoms with Crippen LogP contribution in [-0.2, 0) is 11.4 Å². The average Bonchev–Trinajstić information content (AvgIpc) is 2.96. The van der Waals surface area contributed by atoms with Crippen molar-refractivity contribution in [1.82, 2.24) is 10.2 Å². The van der Waals surface area contributed by atoms with Gasteiger partial charge in [-0.15, -0.1) is 0 Å². The van der Waals surface area contributed by atoms with Crippen LogP contribution in [0.4, 0.5) is 0 Å². The van der Waals surface area contributed by atoms with Crippen LogP contribution in [0.1, 0.15) is 17.5 Å². The van der Waals surface area contributed by atoms with Crippen molar-refractivity contribution in [3.63, 3.8) is 0 Å². The zero-order chi connectivity index (χ0) is 17.3. The molecule has 3 rings (SSSR count). The lowest BCUT2D eigenvalue weighted by atomic mass is 10.2. The predicted octanol–water partition coefficient (Wildman–Crippen LogP) is 3.10. The summed E-state index contributed by atoms with van der Waals surface area (Å²) in [6, 6.07) is 17.9. The summed E-state index contributed by atoms with van der Waals surface area (Å²) in [5.74, 6) is 0.902. The SMILES string of the molecule is O=C(/C=C/c1ccc(OCc2ccccc2)cc1)N1CCCNCC1. The van der Waals surface area contributed by atoms with E-state index >= 15 is 0 Å². The normalized spacial score (nSPS) is 15.1. The lowest BCUT2D eigenvalue weighted by Gasteiger charge is -2.17. The van der Waals surface area contributed by atoms with Gasteiger partial charge in [-0.05, 0) is 42.3 Å². The monoisotopic (exact) mass is 336 g/mol. The van der Waals surface area contributed by atoms with Crippen molar-refractivity contribution in [1.29, 1.82) is 0 Å². The molecule has 0 bridgehead atoms. The number of nitrogens with one attached hydrogen (secondary N) is 1. The molecular weight excluding hydrogens is 312 g/mol. The second-order valence-electron chi connectivity index (χ2n) is 6.11. The van der Waals surface area contributed by atoms with Crippen LogP contribution in [-0.4, -0.2) is 37.0 Å². The predicted molar refractivity (Wildman–Crippen MR) is 100 cm³/mol. The van der Waals surface area contributed by atoms with Crippen LogP contribution in [0.15, 0.2) is 60.7 Å². The summed E-state index contributed by atoms with van der Waals surface area (Å²) in [6.45, 7) is 4.00. The Labute approximate surface area is 149 Å². The fourth-order valence-electron chi connectivity index (χ4n) is 2.76. The molecule has 1 fully saturated rings. The molecule has 1 heterocycles. The number of amides is 1. The molecule has 0 atom stereocenters. The van der Waals surface area contributed by atoms with Crippen LogP contribution in [0.5, 0.6) is 5.75 Å². The van der Waals surface area contributed by atoms with Crippen molar-refractivity contribution in [3.05, 3.63) is 71.8 Å². The zero-order valence-electron chi connectivity index (χ0n) is 14.4. The first-order valence-corrected chi connectivity index (χ1v) is 8.76. The molecule has 4 heteroatoms. The smallest absolute Gasteiger partial charge is 0.246 e. The summed E-state index contributed by atoms with van der Waals surface area (Å²) in [5, 5.41) is 3.30. The Bertz CT molecular complexity index is 688. The van der Waals surface area contributed by atoms with E-state index in [1.807, 2.05) is 65.6 Å². The van der Waals surface area contributed by atoms with E-state index in [0.29, 0.717) is 6.61 Å². The van der Waals surface area contributed by atoms with Crippen LogP contribution in [0.25, 0.3) is 6.08 Å². The number of carbonyl (C=O) groups excluding carboxylic acids is 1. The van der Waals surface area contributed by atoms with E-state index in [4.69, 9.17) is 4.74 Å². The van der Waals surface area contributed by atoms with Crippen LogP contribution >= 0.6 is 0 Å². The molecule has 4 nitrogen and oxygen atoms in total. The average molecular weight is 336 g/mol. The van der Waals surface area contributed by atoms with Gasteiger partial charge in [0, 0.05) is 25.7 Å². The molecule has 1 N–H and O–H groups in total. The highest BCUT2D eigenvalue weighted by molar-refractivity contribution is 5.91. The van der Waals surface area contributed by atoms with E-state index < -0.39 is 0 Å². The molecule has 1 amide bonds. The first-order valence-electron chi connectivity index (χ1n) is 8.76. The van der Waals surface area contributed by atoms with Crippen molar-refractivity contribution >= 4 is 12.0 Å². The molecule has 0 aliphatic carbocycles. The van der Waals surface area contributed by atoms with E-state index in [1.54, 1.807) is 6.08 Å². The van der Waals surface area contributed by atoms with E-state index in [0.717, 1.165) is 49.5 Å². The third kappa shape index (κ3) is 5.47. The Hall–Kier alpha value is -2.59. The Balaban J connectivity index is 1.52. The fraction of sp³-hybridized carbons (Fsp3) is 0.286. The number of hydrogen-bond donors (Lipinski definition) is 1. The van der Waals surface area contributed by atoms with Gasteiger partial charge in [0.2, 0.25) is 5.91 Å². The van der Waals surface area contributed by atoms with Gasteiger partial charge < -0.3 is 15.0 Å². The molecule has 130 valence electrons. The standard InChI is InChI=1S/C21H24N2O2/c24-21(23-15-4-13-22-14-16-23)12-9-18-7-10-20(11-8-18)25-17-19-5-2-1-3-6-19/h1-3,5-12,22H,4,13-17H2/b12-9+. The van der Waals surface area contributed by atoms with Crippen LogP contribution in [0, 0.1) is 0 Å². The molecular formula is C21H24N2O2. The number of ether oxygens (including phenoxy) is 1.